The molecule has 0 atom stereocenters. The minimum absolute atomic E-state index is 0.605. The van der Waals surface area contributed by atoms with Gasteiger partial charge in [-0.3, -0.25) is 0 Å². The maximum Gasteiger partial charge on any atom is 0.150 e. The number of anilines is 1. The monoisotopic (exact) mass is 419 g/mol. The van der Waals surface area contributed by atoms with Crippen molar-refractivity contribution in [3.8, 4) is 11.5 Å². The predicted octanol–water partition coefficient (Wildman–Crippen LogP) is 8.87. The second kappa shape index (κ2) is 10.6. The van der Waals surface area contributed by atoms with Crippen molar-refractivity contribution in [3.63, 3.8) is 0 Å². The molecule has 0 radical (unpaired) electrons. The molecular formula is C29H41NO. The zero-order valence-electron chi connectivity index (χ0n) is 19.5. The molecular weight excluding hydrogens is 378 g/mol. The minimum Gasteiger partial charge on any atom is -0.455 e. The summed E-state index contributed by atoms with van der Waals surface area (Å²) in [6.45, 7) is 2.33. The molecule has 0 aromatic heterocycles. The molecule has 168 valence electrons. The molecule has 2 fully saturated rings. The zero-order valence-corrected chi connectivity index (χ0v) is 19.5. The molecule has 2 nitrogen and oxygen atoms in total. The van der Waals surface area contributed by atoms with Crippen LogP contribution in [0, 0.1) is 11.3 Å². The molecule has 2 heteroatoms. The molecule has 0 saturated heterocycles. The summed E-state index contributed by atoms with van der Waals surface area (Å²) in [7, 11) is 0. The van der Waals surface area contributed by atoms with Gasteiger partial charge in [0.1, 0.15) is 11.5 Å². The summed E-state index contributed by atoms with van der Waals surface area (Å²) in [5.41, 5.74) is 8.85. The van der Waals surface area contributed by atoms with Gasteiger partial charge in [0.25, 0.3) is 0 Å². The maximum absolute atomic E-state index is 6.30. The quantitative estimate of drug-likeness (QED) is 0.342. The molecule has 0 amide bonds. The third-order valence-corrected chi connectivity index (χ3v) is 8.22. The first-order valence-electron chi connectivity index (χ1n) is 12.8. The summed E-state index contributed by atoms with van der Waals surface area (Å²) >= 11 is 0. The van der Waals surface area contributed by atoms with E-state index in [1.807, 2.05) is 24.3 Å². The SMILES string of the molecule is CCCCCC1(C2CCC(c3ccccc3Oc3ccccc3N)CC2)CCCCC1. The lowest BCUT2D eigenvalue weighted by Crippen LogP contribution is -2.35. The van der Waals surface area contributed by atoms with Gasteiger partial charge < -0.3 is 10.5 Å². The molecule has 0 bridgehead atoms. The number of benzene rings is 2. The number of hydrogen-bond donors (Lipinski definition) is 1. The van der Waals surface area contributed by atoms with Gasteiger partial charge in [-0.2, -0.15) is 0 Å². The highest BCUT2D eigenvalue weighted by atomic mass is 16.5. The number of nitrogens with two attached hydrogens (primary N) is 1. The van der Waals surface area contributed by atoms with Crippen LogP contribution < -0.4 is 10.5 Å². The number of unbranched alkanes of at least 4 members (excludes halogenated alkanes) is 2. The second-order valence-corrected chi connectivity index (χ2v) is 10.1. The van der Waals surface area contributed by atoms with Crippen molar-refractivity contribution >= 4 is 5.69 Å². The Morgan fingerprint density at radius 3 is 2.23 bits per heavy atom. The van der Waals surface area contributed by atoms with E-state index >= 15 is 0 Å². The van der Waals surface area contributed by atoms with Crippen molar-refractivity contribution < 1.29 is 4.74 Å². The molecule has 2 aliphatic rings. The Morgan fingerprint density at radius 1 is 0.839 bits per heavy atom. The van der Waals surface area contributed by atoms with Crippen molar-refractivity contribution in [2.75, 3.05) is 5.73 Å². The largest absolute Gasteiger partial charge is 0.455 e. The van der Waals surface area contributed by atoms with Crippen LogP contribution in [0.1, 0.15) is 102 Å². The van der Waals surface area contributed by atoms with Crippen LogP contribution in [0.4, 0.5) is 5.69 Å². The molecule has 4 rings (SSSR count). The van der Waals surface area contributed by atoms with Gasteiger partial charge >= 0.3 is 0 Å². The zero-order chi connectivity index (χ0) is 21.5. The molecule has 2 aliphatic carbocycles. The van der Waals surface area contributed by atoms with Crippen LogP contribution >= 0.6 is 0 Å². The Labute approximate surface area is 189 Å². The van der Waals surface area contributed by atoms with Gasteiger partial charge in [-0.15, -0.1) is 0 Å². The lowest BCUT2D eigenvalue weighted by molar-refractivity contribution is 0.0506. The van der Waals surface area contributed by atoms with E-state index in [2.05, 4.69) is 31.2 Å². The lowest BCUT2D eigenvalue weighted by Gasteiger charge is -2.47. The van der Waals surface area contributed by atoms with Gasteiger partial charge in [0.2, 0.25) is 0 Å². The fourth-order valence-corrected chi connectivity index (χ4v) is 6.46. The van der Waals surface area contributed by atoms with Crippen LogP contribution in [0.15, 0.2) is 48.5 Å². The topological polar surface area (TPSA) is 35.2 Å². The first-order chi connectivity index (χ1) is 15.2. The average molecular weight is 420 g/mol. The first-order valence-corrected chi connectivity index (χ1v) is 12.8. The summed E-state index contributed by atoms with van der Waals surface area (Å²) < 4.78 is 6.30. The molecule has 2 aromatic carbocycles. The number of ether oxygens (including phenoxy) is 1. The Kier molecular flexibility index (Phi) is 7.58. The van der Waals surface area contributed by atoms with Gasteiger partial charge in [-0.25, -0.2) is 0 Å². The predicted molar refractivity (Wildman–Crippen MR) is 132 cm³/mol. The number of hydrogen-bond acceptors (Lipinski definition) is 2. The fourth-order valence-electron chi connectivity index (χ4n) is 6.46. The highest BCUT2D eigenvalue weighted by molar-refractivity contribution is 5.54. The van der Waals surface area contributed by atoms with Gasteiger partial charge in [-0.05, 0) is 86.0 Å². The Hall–Kier alpha value is -1.96. The smallest absolute Gasteiger partial charge is 0.150 e. The fraction of sp³-hybridized carbons (Fsp3) is 0.586. The molecule has 31 heavy (non-hydrogen) atoms. The van der Waals surface area contributed by atoms with E-state index in [9.17, 15) is 0 Å². The van der Waals surface area contributed by atoms with E-state index in [-0.39, 0.29) is 0 Å². The molecule has 2 saturated carbocycles. The van der Waals surface area contributed by atoms with Crippen molar-refractivity contribution in [2.24, 2.45) is 11.3 Å². The van der Waals surface area contributed by atoms with Crippen LogP contribution in [0.5, 0.6) is 11.5 Å². The number of rotatable bonds is 8. The third kappa shape index (κ3) is 5.27. The molecule has 0 unspecified atom stereocenters. The average Bonchev–Trinajstić information content (AvgIpc) is 2.82. The van der Waals surface area contributed by atoms with Gasteiger partial charge in [0.15, 0.2) is 0 Å². The van der Waals surface area contributed by atoms with Crippen LogP contribution in [0.2, 0.25) is 0 Å². The summed E-state index contributed by atoms with van der Waals surface area (Å²) in [4.78, 5) is 0. The normalized spacial score (nSPS) is 23.4. The van der Waals surface area contributed by atoms with Gasteiger partial charge in [-0.1, -0.05) is 75.8 Å². The summed E-state index contributed by atoms with van der Waals surface area (Å²) in [6.07, 6.45) is 18.4. The summed E-state index contributed by atoms with van der Waals surface area (Å²) in [5, 5.41) is 0. The van der Waals surface area contributed by atoms with E-state index in [1.54, 1.807) is 0 Å². The highest BCUT2D eigenvalue weighted by Crippen LogP contribution is 2.53. The number of para-hydroxylation sites is 3. The molecule has 0 spiro atoms. The summed E-state index contributed by atoms with van der Waals surface area (Å²) in [5.74, 6) is 3.28. The van der Waals surface area contributed by atoms with Crippen LogP contribution in [-0.2, 0) is 0 Å². The van der Waals surface area contributed by atoms with Crippen LogP contribution in [0.3, 0.4) is 0 Å². The molecule has 2 N–H and O–H groups in total. The van der Waals surface area contributed by atoms with Crippen LogP contribution in [0.25, 0.3) is 0 Å². The Morgan fingerprint density at radius 2 is 1.52 bits per heavy atom. The van der Waals surface area contributed by atoms with E-state index in [1.165, 1.54) is 89.0 Å². The van der Waals surface area contributed by atoms with Crippen molar-refractivity contribution in [1.82, 2.24) is 0 Å². The van der Waals surface area contributed by atoms with Crippen molar-refractivity contribution in [2.45, 2.75) is 96.3 Å². The summed E-state index contributed by atoms with van der Waals surface area (Å²) in [6, 6.07) is 16.4. The Balaban J connectivity index is 1.44. The third-order valence-electron chi connectivity index (χ3n) is 8.22. The standard InChI is InChI=1S/C29H41NO/c1-2-3-9-20-29(21-10-4-11-22-29)24-18-16-23(17-19-24)25-12-5-7-14-27(25)31-28-15-8-6-13-26(28)30/h5-8,12-15,23-24H,2-4,9-11,16-22,30H2,1H3. The van der Waals surface area contributed by atoms with Gasteiger partial charge in [0.05, 0.1) is 5.69 Å². The van der Waals surface area contributed by atoms with Crippen molar-refractivity contribution in [1.29, 1.82) is 0 Å². The molecule has 2 aromatic rings. The molecule has 0 aliphatic heterocycles. The minimum atomic E-state index is 0.605. The maximum atomic E-state index is 6.30. The first kappa shape index (κ1) is 22.2. The van der Waals surface area contributed by atoms with E-state index in [0.29, 0.717) is 17.0 Å². The highest BCUT2D eigenvalue weighted by Gasteiger charge is 2.41. The second-order valence-electron chi connectivity index (χ2n) is 10.1. The lowest BCUT2D eigenvalue weighted by atomic mass is 9.58. The van der Waals surface area contributed by atoms with E-state index < -0.39 is 0 Å². The van der Waals surface area contributed by atoms with E-state index in [0.717, 1.165) is 17.4 Å². The molecule has 0 heterocycles. The number of nitrogen functional groups attached to an aromatic ring is 1. The van der Waals surface area contributed by atoms with Crippen LogP contribution in [-0.4, -0.2) is 0 Å². The van der Waals surface area contributed by atoms with Gasteiger partial charge in [0, 0.05) is 0 Å². The van der Waals surface area contributed by atoms with E-state index in [4.69, 9.17) is 10.5 Å². The van der Waals surface area contributed by atoms with Crippen molar-refractivity contribution in [3.05, 3.63) is 54.1 Å². The Bertz CT molecular complexity index is 815.